The van der Waals surface area contributed by atoms with Gasteiger partial charge in [0.05, 0.1) is 24.2 Å². The summed E-state index contributed by atoms with van der Waals surface area (Å²) in [6.07, 6.45) is 4.39. The Labute approximate surface area is 169 Å². The molecule has 0 unspecified atom stereocenters. The fourth-order valence-electron chi connectivity index (χ4n) is 3.90. The lowest BCUT2D eigenvalue weighted by atomic mass is 10.1. The first kappa shape index (κ1) is 18.2. The monoisotopic (exact) mass is 393 g/mol. The maximum Gasteiger partial charge on any atom is 0.145 e. The summed E-state index contributed by atoms with van der Waals surface area (Å²) in [6, 6.07) is 11.0. The maximum absolute atomic E-state index is 13.7. The zero-order valence-corrected chi connectivity index (χ0v) is 16.5. The summed E-state index contributed by atoms with van der Waals surface area (Å²) in [5.74, 6) is 1.29. The molecule has 0 bridgehead atoms. The van der Waals surface area contributed by atoms with Crippen molar-refractivity contribution in [2.24, 2.45) is 10.9 Å². The van der Waals surface area contributed by atoms with E-state index in [0.29, 0.717) is 19.1 Å². The number of fused-ring (bicyclic) bond motifs is 2. The highest BCUT2D eigenvalue weighted by Gasteiger charge is 2.23. The number of rotatable bonds is 6. The van der Waals surface area contributed by atoms with E-state index < -0.39 is 0 Å². The predicted octanol–water partition coefficient (Wildman–Crippen LogP) is 4.89. The molecule has 2 heterocycles. The van der Waals surface area contributed by atoms with Crippen molar-refractivity contribution in [1.82, 2.24) is 4.57 Å². The summed E-state index contributed by atoms with van der Waals surface area (Å²) in [7, 11) is 1.68. The van der Waals surface area contributed by atoms with Crippen LogP contribution >= 0.6 is 0 Å². The van der Waals surface area contributed by atoms with Crippen LogP contribution in [0, 0.1) is 11.7 Å². The van der Waals surface area contributed by atoms with Crippen LogP contribution in [0.5, 0.6) is 5.75 Å². The van der Waals surface area contributed by atoms with Gasteiger partial charge < -0.3 is 19.4 Å². The second kappa shape index (κ2) is 7.52. The highest BCUT2D eigenvalue weighted by Crippen LogP contribution is 2.38. The lowest BCUT2D eigenvalue weighted by Crippen LogP contribution is -2.18. The lowest BCUT2D eigenvalue weighted by Gasteiger charge is -2.21. The molecule has 0 amide bonds. The van der Waals surface area contributed by atoms with E-state index in [4.69, 9.17) is 14.5 Å². The molecule has 0 atom stereocenters. The molecule has 6 heteroatoms. The Morgan fingerprint density at radius 3 is 3.00 bits per heavy atom. The van der Waals surface area contributed by atoms with E-state index in [2.05, 4.69) is 9.88 Å². The second-order valence-electron chi connectivity index (χ2n) is 7.78. The molecule has 1 fully saturated rings. The molecule has 0 saturated heterocycles. The van der Waals surface area contributed by atoms with Crippen LogP contribution in [0.1, 0.15) is 24.1 Å². The SMILES string of the molecule is COCc1cc(N=Cc2cc3cc(F)ccc3n2CC2CC2)c2c(c1)OCCN2. The molecule has 1 saturated carbocycles. The first-order valence-corrected chi connectivity index (χ1v) is 10.1. The molecular weight excluding hydrogens is 369 g/mol. The molecular formula is C23H24FN3O2. The van der Waals surface area contributed by atoms with Crippen LogP contribution in [-0.2, 0) is 17.9 Å². The predicted molar refractivity (Wildman–Crippen MR) is 113 cm³/mol. The van der Waals surface area contributed by atoms with Crippen LogP contribution in [0.3, 0.4) is 0 Å². The highest BCUT2D eigenvalue weighted by atomic mass is 19.1. The van der Waals surface area contributed by atoms with Gasteiger partial charge in [-0.15, -0.1) is 0 Å². The molecule has 3 aromatic rings. The van der Waals surface area contributed by atoms with E-state index in [9.17, 15) is 4.39 Å². The summed E-state index contributed by atoms with van der Waals surface area (Å²) in [5.41, 5.74) is 4.78. The summed E-state index contributed by atoms with van der Waals surface area (Å²) >= 11 is 0. The van der Waals surface area contributed by atoms with Crippen molar-refractivity contribution in [3.05, 3.63) is 53.5 Å². The minimum Gasteiger partial charge on any atom is -0.489 e. The van der Waals surface area contributed by atoms with E-state index in [1.165, 1.54) is 18.9 Å². The minimum absolute atomic E-state index is 0.216. The first-order valence-electron chi connectivity index (χ1n) is 10.1. The van der Waals surface area contributed by atoms with Crippen molar-refractivity contribution in [2.75, 3.05) is 25.6 Å². The molecule has 1 aromatic heterocycles. The first-order chi connectivity index (χ1) is 14.2. The van der Waals surface area contributed by atoms with Crippen molar-refractivity contribution in [1.29, 1.82) is 0 Å². The summed E-state index contributed by atoms with van der Waals surface area (Å²) in [4.78, 5) is 4.80. The third kappa shape index (κ3) is 3.72. The molecule has 0 radical (unpaired) electrons. The zero-order chi connectivity index (χ0) is 19.8. The number of hydrogen-bond donors (Lipinski definition) is 1. The van der Waals surface area contributed by atoms with Gasteiger partial charge in [-0.2, -0.15) is 0 Å². The van der Waals surface area contributed by atoms with Crippen LogP contribution in [-0.4, -0.2) is 31.0 Å². The fraction of sp³-hybridized carbons (Fsp3) is 0.348. The van der Waals surface area contributed by atoms with E-state index in [0.717, 1.165) is 52.4 Å². The van der Waals surface area contributed by atoms with Crippen LogP contribution in [0.4, 0.5) is 15.8 Å². The summed E-state index contributed by atoms with van der Waals surface area (Å²) in [6.45, 7) is 2.83. The third-order valence-corrected chi connectivity index (χ3v) is 5.48. The average Bonchev–Trinajstić information content (AvgIpc) is 3.48. The molecule has 150 valence electrons. The van der Waals surface area contributed by atoms with Gasteiger partial charge >= 0.3 is 0 Å². The standard InChI is InChI=1S/C23H24FN3O2/c1-28-14-16-8-20(23-22(9-16)29-7-6-25-23)26-12-19-11-17-10-18(24)4-5-21(17)27(19)13-15-2-3-15/h4-5,8-12,15,25H,2-3,6-7,13-14H2,1H3. The molecule has 1 N–H and O–H groups in total. The molecule has 2 aliphatic rings. The molecule has 2 aromatic carbocycles. The van der Waals surface area contributed by atoms with E-state index in [1.807, 2.05) is 30.5 Å². The number of methoxy groups -OCH3 is 1. The summed E-state index contributed by atoms with van der Waals surface area (Å²) in [5, 5.41) is 4.30. The largest absolute Gasteiger partial charge is 0.489 e. The van der Waals surface area contributed by atoms with Crippen molar-refractivity contribution < 1.29 is 13.9 Å². The number of halogens is 1. The van der Waals surface area contributed by atoms with Crippen LogP contribution in [0.25, 0.3) is 10.9 Å². The van der Waals surface area contributed by atoms with Gasteiger partial charge in [0.15, 0.2) is 0 Å². The number of benzene rings is 2. The number of aromatic nitrogens is 1. The average molecular weight is 393 g/mol. The van der Waals surface area contributed by atoms with Crippen molar-refractivity contribution in [3.8, 4) is 5.75 Å². The molecule has 1 aliphatic carbocycles. The molecule has 0 spiro atoms. The number of anilines is 1. The van der Waals surface area contributed by atoms with Crippen molar-refractivity contribution >= 4 is 28.5 Å². The van der Waals surface area contributed by atoms with Gasteiger partial charge in [0.1, 0.15) is 23.9 Å². The lowest BCUT2D eigenvalue weighted by molar-refractivity contribution is 0.184. The maximum atomic E-state index is 13.7. The number of ether oxygens (including phenoxy) is 2. The Morgan fingerprint density at radius 1 is 1.28 bits per heavy atom. The zero-order valence-electron chi connectivity index (χ0n) is 16.5. The number of aliphatic imine (C=N–C) groups is 1. The van der Waals surface area contributed by atoms with Crippen molar-refractivity contribution in [2.45, 2.75) is 26.0 Å². The van der Waals surface area contributed by atoms with Gasteiger partial charge in [-0.25, -0.2) is 4.39 Å². The fourth-order valence-corrected chi connectivity index (χ4v) is 3.90. The Kier molecular flexibility index (Phi) is 4.72. The van der Waals surface area contributed by atoms with Gasteiger partial charge in [0.25, 0.3) is 0 Å². The highest BCUT2D eigenvalue weighted by molar-refractivity contribution is 5.92. The minimum atomic E-state index is -0.216. The second-order valence-corrected chi connectivity index (χ2v) is 7.78. The van der Waals surface area contributed by atoms with E-state index in [1.54, 1.807) is 13.2 Å². The third-order valence-electron chi connectivity index (χ3n) is 5.48. The Hall–Kier alpha value is -2.86. The van der Waals surface area contributed by atoms with Gasteiger partial charge in [0.2, 0.25) is 0 Å². The van der Waals surface area contributed by atoms with Gasteiger partial charge in [-0.3, -0.25) is 4.99 Å². The Balaban J connectivity index is 1.56. The van der Waals surface area contributed by atoms with Crippen molar-refractivity contribution in [3.63, 3.8) is 0 Å². The molecule has 29 heavy (non-hydrogen) atoms. The van der Waals surface area contributed by atoms with Gasteiger partial charge in [-0.05, 0) is 60.7 Å². The summed E-state index contributed by atoms with van der Waals surface area (Å²) < 4.78 is 27.1. The van der Waals surface area contributed by atoms with E-state index >= 15 is 0 Å². The number of nitrogens with zero attached hydrogens (tertiary/aromatic N) is 2. The number of hydrogen-bond acceptors (Lipinski definition) is 4. The normalized spacial score (nSPS) is 16.1. The number of nitrogens with one attached hydrogen (secondary N) is 1. The topological polar surface area (TPSA) is 47.8 Å². The van der Waals surface area contributed by atoms with Crippen LogP contribution < -0.4 is 10.1 Å². The van der Waals surface area contributed by atoms with Crippen LogP contribution in [0.2, 0.25) is 0 Å². The van der Waals surface area contributed by atoms with Crippen LogP contribution in [0.15, 0.2) is 41.4 Å². The van der Waals surface area contributed by atoms with E-state index in [-0.39, 0.29) is 5.82 Å². The van der Waals surface area contributed by atoms with Gasteiger partial charge in [-0.1, -0.05) is 0 Å². The van der Waals surface area contributed by atoms with Gasteiger partial charge in [0, 0.05) is 31.1 Å². The molecule has 5 rings (SSSR count). The molecule has 5 nitrogen and oxygen atoms in total. The Morgan fingerprint density at radius 2 is 2.17 bits per heavy atom. The quantitative estimate of drug-likeness (QED) is 0.607. The molecule has 1 aliphatic heterocycles. The smallest absolute Gasteiger partial charge is 0.145 e. The Bertz CT molecular complexity index is 1090.